The second-order valence-corrected chi connectivity index (χ2v) is 3.89. The number of nitrogens with one attached hydrogen (secondary N) is 3. The molecule has 1 unspecified atom stereocenters. The summed E-state index contributed by atoms with van der Waals surface area (Å²) in [6.07, 6.45) is 1.03. The van der Waals surface area contributed by atoms with Gasteiger partial charge in [-0.25, -0.2) is 4.79 Å². The highest BCUT2D eigenvalue weighted by Crippen LogP contribution is 1.95. The Bertz CT molecular complexity index is 178. The molecule has 1 heterocycles. The van der Waals surface area contributed by atoms with Gasteiger partial charge in [0, 0.05) is 25.7 Å². The average Bonchev–Trinajstić information content (AvgIpc) is 2.56. The molecule has 82 valence electrons. The van der Waals surface area contributed by atoms with Gasteiger partial charge in [0.1, 0.15) is 0 Å². The topological polar surface area (TPSA) is 56.4 Å². The lowest BCUT2D eigenvalue weighted by atomic mass is 10.3. The Kier molecular flexibility index (Phi) is 4.69. The number of hydrogen-bond donors (Lipinski definition) is 3. The van der Waals surface area contributed by atoms with Gasteiger partial charge in [-0.15, -0.1) is 0 Å². The Balaban J connectivity index is 2.03. The van der Waals surface area contributed by atoms with Crippen molar-refractivity contribution in [1.29, 1.82) is 0 Å². The fraction of sp³-hybridized carbons (Fsp3) is 0.889. The zero-order valence-electron chi connectivity index (χ0n) is 8.97. The third-order valence-corrected chi connectivity index (χ3v) is 2.24. The van der Waals surface area contributed by atoms with Gasteiger partial charge >= 0.3 is 6.03 Å². The molecule has 1 atom stereocenters. The molecular weight excluding hydrogens is 180 g/mol. The summed E-state index contributed by atoms with van der Waals surface area (Å²) in [5.41, 5.74) is 0. The van der Waals surface area contributed by atoms with Crippen LogP contribution >= 0.6 is 0 Å². The van der Waals surface area contributed by atoms with Gasteiger partial charge in [0.05, 0.1) is 0 Å². The van der Waals surface area contributed by atoms with Crippen molar-refractivity contribution in [3.8, 4) is 0 Å². The van der Waals surface area contributed by atoms with E-state index < -0.39 is 0 Å². The highest BCUT2D eigenvalue weighted by atomic mass is 16.2. The molecule has 0 aromatic rings. The molecule has 0 aliphatic carbocycles. The molecule has 1 aliphatic rings. The van der Waals surface area contributed by atoms with Gasteiger partial charge in [0.2, 0.25) is 0 Å². The third-order valence-electron chi connectivity index (χ3n) is 2.24. The summed E-state index contributed by atoms with van der Waals surface area (Å²) in [7, 11) is 3.97. The van der Waals surface area contributed by atoms with Crippen LogP contribution < -0.4 is 16.0 Å². The van der Waals surface area contributed by atoms with Crippen molar-refractivity contribution >= 4 is 6.03 Å². The van der Waals surface area contributed by atoms with Crippen LogP contribution in [0.4, 0.5) is 4.79 Å². The highest BCUT2D eigenvalue weighted by Gasteiger charge is 2.15. The van der Waals surface area contributed by atoms with Gasteiger partial charge < -0.3 is 20.9 Å². The van der Waals surface area contributed by atoms with Crippen molar-refractivity contribution in [3.05, 3.63) is 0 Å². The van der Waals surface area contributed by atoms with E-state index in [1.54, 1.807) is 0 Å². The lowest BCUT2D eigenvalue weighted by molar-refractivity contribution is 0.236. The molecule has 0 spiro atoms. The van der Waals surface area contributed by atoms with E-state index in [1.165, 1.54) is 0 Å². The van der Waals surface area contributed by atoms with Crippen LogP contribution in [0.1, 0.15) is 6.42 Å². The lowest BCUT2D eigenvalue weighted by Crippen LogP contribution is -2.44. The van der Waals surface area contributed by atoms with Crippen molar-refractivity contribution in [2.75, 3.05) is 40.3 Å². The Morgan fingerprint density at radius 1 is 1.57 bits per heavy atom. The summed E-state index contributed by atoms with van der Waals surface area (Å²) < 4.78 is 0. The molecule has 0 radical (unpaired) electrons. The maximum Gasteiger partial charge on any atom is 0.315 e. The van der Waals surface area contributed by atoms with Crippen molar-refractivity contribution < 1.29 is 4.79 Å². The molecule has 0 saturated carbocycles. The molecule has 14 heavy (non-hydrogen) atoms. The summed E-state index contributed by atoms with van der Waals surface area (Å²) in [5, 5.41) is 8.94. The van der Waals surface area contributed by atoms with Gasteiger partial charge in [0.15, 0.2) is 0 Å². The van der Waals surface area contributed by atoms with E-state index in [0.717, 1.165) is 26.1 Å². The Morgan fingerprint density at radius 2 is 2.36 bits per heavy atom. The Morgan fingerprint density at radius 3 is 2.93 bits per heavy atom. The molecule has 1 rings (SSSR count). The van der Waals surface area contributed by atoms with Gasteiger partial charge in [-0.2, -0.15) is 0 Å². The molecule has 5 nitrogen and oxygen atoms in total. The first-order valence-corrected chi connectivity index (χ1v) is 5.08. The van der Waals surface area contributed by atoms with Crippen LogP contribution in [0.5, 0.6) is 0 Å². The van der Waals surface area contributed by atoms with E-state index in [2.05, 4.69) is 16.0 Å². The van der Waals surface area contributed by atoms with Crippen LogP contribution in [0.25, 0.3) is 0 Å². The van der Waals surface area contributed by atoms with Gasteiger partial charge in [-0.3, -0.25) is 0 Å². The first kappa shape index (κ1) is 11.3. The zero-order chi connectivity index (χ0) is 10.4. The molecule has 0 aromatic heterocycles. The quantitative estimate of drug-likeness (QED) is 0.557. The van der Waals surface area contributed by atoms with E-state index in [4.69, 9.17) is 0 Å². The number of nitrogens with zero attached hydrogens (tertiary/aromatic N) is 1. The summed E-state index contributed by atoms with van der Waals surface area (Å²) in [6, 6.07) is 0.245. The predicted octanol–water partition coefficient (Wildman–Crippen LogP) is -0.791. The number of hydrogen-bond acceptors (Lipinski definition) is 3. The fourth-order valence-electron chi connectivity index (χ4n) is 1.41. The van der Waals surface area contributed by atoms with E-state index in [9.17, 15) is 4.79 Å². The molecule has 0 aromatic carbocycles. The minimum Gasteiger partial charge on any atom is -0.337 e. The fourth-order valence-corrected chi connectivity index (χ4v) is 1.41. The number of urea groups is 1. The highest BCUT2D eigenvalue weighted by molar-refractivity contribution is 5.74. The largest absolute Gasteiger partial charge is 0.337 e. The van der Waals surface area contributed by atoms with Crippen molar-refractivity contribution in [1.82, 2.24) is 20.9 Å². The van der Waals surface area contributed by atoms with Crippen LogP contribution in [0.2, 0.25) is 0 Å². The molecule has 3 N–H and O–H groups in total. The van der Waals surface area contributed by atoms with E-state index >= 15 is 0 Å². The van der Waals surface area contributed by atoms with Gasteiger partial charge in [0.25, 0.3) is 0 Å². The molecular formula is C9H20N4O. The smallest absolute Gasteiger partial charge is 0.315 e. The number of carbonyl (C=O) groups excluding carboxylic acids is 1. The SMILES string of the molecule is CN(C)CCNC(=O)NC1CCNC1. The second kappa shape index (κ2) is 5.82. The van der Waals surface area contributed by atoms with Crippen LogP contribution in [0.15, 0.2) is 0 Å². The van der Waals surface area contributed by atoms with Crippen LogP contribution in [0, 0.1) is 0 Å². The lowest BCUT2D eigenvalue weighted by Gasteiger charge is -2.14. The second-order valence-electron chi connectivity index (χ2n) is 3.89. The Labute approximate surface area is 85.2 Å². The number of likely N-dealkylation sites (N-methyl/N-ethyl adjacent to an activating group) is 1. The summed E-state index contributed by atoms with van der Waals surface area (Å²) in [5.74, 6) is 0. The standard InChI is InChI=1S/C9H20N4O/c1-13(2)6-5-11-9(14)12-8-3-4-10-7-8/h8,10H,3-7H2,1-2H3,(H2,11,12,14). The van der Waals surface area contributed by atoms with Crippen molar-refractivity contribution in [2.45, 2.75) is 12.5 Å². The maximum atomic E-state index is 11.3. The van der Waals surface area contributed by atoms with Crippen LogP contribution in [-0.4, -0.2) is 57.2 Å². The third kappa shape index (κ3) is 4.43. The van der Waals surface area contributed by atoms with Crippen LogP contribution in [0.3, 0.4) is 0 Å². The molecule has 2 amide bonds. The Hall–Kier alpha value is -0.810. The maximum absolute atomic E-state index is 11.3. The zero-order valence-corrected chi connectivity index (χ0v) is 8.97. The van der Waals surface area contributed by atoms with E-state index in [1.807, 2.05) is 19.0 Å². The first-order valence-electron chi connectivity index (χ1n) is 5.08. The summed E-state index contributed by atoms with van der Waals surface area (Å²) in [6.45, 7) is 3.46. The number of rotatable bonds is 4. The number of carbonyl (C=O) groups is 1. The first-order chi connectivity index (χ1) is 6.68. The number of amides is 2. The monoisotopic (exact) mass is 200 g/mol. The van der Waals surface area contributed by atoms with E-state index in [-0.39, 0.29) is 6.03 Å². The van der Waals surface area contributed by atoms with Gasteiger partial charge in [-0.05, 0) is 27.1 Å². The van der Waals surface area contributed by atoms with Gasteiger partial charge in [-0.1, -0.05) is 0 Å². The van der Waals surface area contributed by atoms with Crippen LogP contribution in [-0.2, 0) is 0 Å². The molecule has 0 bridgehead atoms. The molecule has 1 saturated heterocycles. The average molecular weight is 200 g/mol. The minimum absolute atomic E-state index is 0.0550. The summed E-state index contributed by atoms with van der Waals surface area (Å²) in [4.78, 5) is 13.4. The molecule has 1 aliphatic heterocycles. The molecule has 1 fully saturated rings. The van der Waals surface area contributed by atoms with Crippen molar-refractivity contribution in [3.63, 3.8) is 0 Å². The van der Waals surface area contributed by atoms with E-state index in [0.29, 0.717) is 12.6 Å². The predicted molar refractivity (Wildman–Crippen MR) is 56.4 cm³/mol. The summed E-state index contributed by atoms with van der Waals surface area (Å²) >= 11 is 0. The molecule has 5 heteroatoms. The van der Waals surface area contributed by atoms with Crippen molar-refractivity contribution in [2.24, 2.45) is 0 Å². The minimum atomic E-state index is -0.0550. The normalized spacial score (nSPS) is 21.2.